The van der Waals surface area contributed by atoms with Crippen LogP contribution in [-0.4, -0.2) is 71.3 Å². The molecule has 0 atom stereocenters. The highest BCUT2D eigenvalue weighted by atomic mass is 32.2. The Bertz CT molecular complexity index is 1330. The molecular weight excluding hydrogens is 538 g/mol. The predicted molar refractivity (Wildman–Crippen MR) is 160 cm³/mol. The second-order valence-electron chi connectivity index (χ2n) is 10.5. The average Bonchev–Trinajstić information content (AvgIpc) is 3.31. The molecule has 0 saturated carbocycles. The highest BCUT2D eigenvalue weighted by Gasteiger charge is 2.42. The van der Waals surface area contributed by atoms with E-state index in [0.717, 1.165) is 17.7 Å². The van der Waals surface area contributed by atoms with Gasteiger partial charge in [-0.05, 0) is 40.7 Å². The van der Waals surface area contributed by atoms with Crippen LogP contribution in [-0.2, 0) is 20.9 Å². The monoisotopic (exact) mass is 573 g/mol. The lowest BCUT2D eigenvalue weighted by atomic mass is 9.87. The minimum absolute atomic E-state index is 0.00187. The summed E-state index contributed by atoms with van der Waals surface area (Å²) in [5, 5.41) is 15.5. The first-order chi connectivity index (χ1) is 19.9. The Balaban J connectivity index is 1.00. The number of amides is 2. The Morgan fingerprint density at radius 1 is 0.902 bits per heavy atom. The molecule has 2 aliphatic rings. The number of alkyl carbamates (subject to hydrolysis) is 1. The molecule has 3 aromatic rings. The molecule has 3 aromatic carbocycles. The first-order valence-electron chi connectivity index (χ1n) is 13.9. The van der Waals surface area contributed by atoms with E-state index in [4.69, 9.17) is 4.74 Å². The van der Waals surface area contributed by atoms with Crippen LogP contribution in [0.1, 0.15) is 35.4 Å². The molecule has 5 rings (SSSR count). The van der Waals surface area contributed by atoms with E-state index in [1.807, 2.05) is 42.5 Å². The number of fused-ring (bicyclic) bond motifs is 3. The number of hydrogen-bond donors (Lipinski definition) is 3. The van der Waals surface area contributed by atoms with Crippen LogP contribution in [0.3, 0.4) is 0 Å². The molecule has 1 aliphatic carbocycles. The number of thioether (sulfide) groups is 1. The van der Waals surface area contributed by atoms with Crippen LogP contribution < -0.4 is 10.6 Å². The Labute approximate surface area is 244 Å². The van der Waals surface area contributed by atoms with Crippen molar-refractivity contribution in [3.8, 4) is 11.1 Å². The molecule has 2 amide bonds. The third-order valence-electron chi connectivity index (χ3n) is 7.84. The van der Waals surface area contributed by atoms with E-state index in [0.29, 0.717) is 38.2 Å². The van der Waals surface area contributed by atoms with Gasteiger partial charge >= 0.3 is 12.1 Å². The molecule has 0 unspecified atom stereocenters. The van der Waals surface area contributed by atoms with Gasteiger partial charge in [-0.1, -0.05) is 78.9 Å². The summed E-state index contributed by atoms with van der Waals surface area (Å²) in [6.45, 7) is 2.54. The molecule has 8 nitrogen and oxygen atoms in total. The van der Waals surface area contributed by atoms with Crippen molar-refractivity contribution < 1.29 is 24.2 Å². The summed E-state index contributed by atoms with van der Waals surface area (Å²) in [5.74, 6) is -0.683. The Kier molecular flexibility index (Phi) is 9.26. The molecule has 0 bridgehead atoms. The summed E-state index contributed by atoms with van der Waals surface area (Å²) in [6.07, 6.45) is 0.216. The molecule has 1 aliphatic heterocycles. The maximum atomic E-state index is 12.6. The zero-order valence-corrected chi connectivity index (χ0v) is 23.7. The number of rotatable bonds is 11. The van der Waals surface area contributed by atoms with E-state index in [1.165, 1.54) is 28.5 Å². The smallest absolute Gasteiger partial charge is 0.407 e. The fraction of sp³-hybridized carbons (Fsp3) is 0.344. The number of carboxylic acid groups (broad SMARTS) is 1. The molecule has 1 saturated heterocycles. The third kappa shape index (κ3) is 6.92. The number of piperidine rings is 1. The second kappa shape index (κ2) is 13.2. The van der Waals surface area contributed by atoms with Crippen LogP contribution in [0.4, 0.5) is 4.79 Å². The largest absolute Gasteiger partial charge is 0.480 e. The first-order valence-corrected chi connectivity index (χ1v) is 15.1. The summed E-state index contributed by atoms with van der Waals surface area (Å²) in [4.78, 5) is 39.3. The van der Waals surface area contributed by atoms with Crippen molar-refractivity contribution in [2.45, 2.75) is 30.8 Å². The zero-order chi connectivity index (χ0) is 28.7. The Morgan fingerprint density at radius 2 is 1.51 bits per heavy atom. The summed E-state index contributed by atoms with van der Waals surface area (Å²) >= 11 is 1.34. The number of nitrogens with zero attached hydrogens (tertiary/aromatic N) is 1. The standard InChI is InChI=1S/C32H35N3O5S/c36-29(34-32(30(37)38)14-17-35(18-15-32)20-23-8-2-1-3-9-23)22-41-19-16-33-31(39)40-21-28-26-12-6-4-10-24(26)25-11-5-7-13-27(25)28/h1-13,28H,14-22H2,(H,33,39)(H,34,36)(H,37,38). The molecule has 9 heteroatoms. The predicted octanol–water partition coefficient (Wildman–Crippen LogP) is 4.49. The summed E-state index contributed by atoms with van der Waals surface area (Å²) < 4.78 is 5.55. The number of hydrogen-bond acceptors (Lipinski definition) is 6. The van der Waals surface area contributed by atoms with Crippen molar-refractivity contribution in [3.63, 3.8) is 0 Å². The van der Waals surface area contributed by atoms with E-state index in [2.05, 4.69) is 51.9 Å². The summed E-state index contributed by atoms with van der Waals surface area (Å²) in [5.41, 5.74) is 4.60. The minimum Gasteiger partial charge on any atom is -0.480 e. The van der Waals surface area contributed by atoms with Crippen molar-refractivity contribution in [2.75, 3.05) is 37.7 Å². The van der Waals surface area contributed by atoms with Crippen molar-refractivity contribution in [3.05, 3.63) is 95.6 Å². The van der Waals surface area contributed by atoms with Gasteiger partial charge in [0.1, 0.15) is 12.1 Å². The van der Waals surface area contributed by atoms with Crippen molar-refractivity contribution in [1.29, 1.82) is 0 Å². The average molecular weight is 574 g/mol. The van der Waals surface area contributed by atoms with Gasteiger partial charge < -0.3 is 20.5 Å². The number of likely N-dealkylation sites (tertiary alicyclic amines) is 1. The third-order valence-corrected chi connectivity index (χ3v) is 8.80. The summed E-state index contributed by atoms with van der Waals surface area (Å²) in [6, 6.07) is 26.4. The van der Waals surface area contributed by atoms with Gasteiger partial charge in [-0.25, -0.2) is 9.59 Å². The van der Waals surface area contributed by atoms with E-state index in [1.54, 1.807) is 0 Å². The fourth-order valence-electron chi connectivity index (χ4n) is 5.67. The molecule has 0 aromatic heterocycles. The topological polar surface area (TPSA) is 108 Å². The Morgan fingerprint density at radius 3 is 2.15 bits per heavy atom. The van der Waals surface area contributed by atoms with Gasteiger partial charge in [-0.2, -0.15) is 11.8 Å². The van der Waals surface area contributed by atoms with Crippen LogP contribution >= 0.6 is 11.8 Å². The molecule has 1 fully saturated rings. The number of carbonyl (C=O) groups excluding carboxylic acids is 2. The van der Waals surface area contributed by atoms with E-state index < -0.39 is 17.6 Å². The Hall–Kier alpha value is -3.82. The van der Waals surface area contributed by atoms with Gasteiger partial charge in [0, 0.05) is 37.8 Å². The maximum Gasteiger partial charge on any atom is 0.407 e. The number of carboxylic acids is 1. The highest BCUT2D eigenvalue weighted by Crippen LogP contribution is 2.44. The van der Waals surface area contributed by atoms with Gasteiger partial charge in [0.2, 0.25) is 5.91 Å². The SMILES string of the molecule is O=C(CSCCNC(=O)OCC1c2ccccc2-c2ccccc21)NC1(C(=O)O)CCN(Cc2ccccc2)CC1. The zero-order valence-electron chi connectivity index (χ0n) is 22.9. The van der Waals surface area contributed by atoms with E-state index in [9.17, 15) is 19.5 Å². The first kappa shape index (κ1) is 28.7. The van der Waals surface area contributed by atoms with Crippen molar-refractivity contribution in [1.82, 2.24) is 15.5 Å². The maximum absolute atomic E-state index is 12.6. The van der Waals surface area contributed by atoms with Gasteiger partial charge in [0.15, 0.2) is 0 Å². The van der Waals surface area contributed by atoms with Crippen LogP contribution in [0.15, 0.2) is 78.9 Å². The number of benzene rings is 3. The molecule has 214 valence electrons. The second-order valence-corrected chi connectivity index (χ2v) is 11.6. The van der Waals surface area contributed by atoms with Gasteiger partial charge in [-0.3, -0.25) is 9.69 Å². The number of aliphatic carboxylic acids is 1. The molecule has 0 spiro atoms. The lowest BCUT2D eigenvalue weighted by Gasteiger charge is -2.39. The minimum atomic E-state index is -1.25. The quantitative estimate of drug-likeness (QED) is 0.290. The van der Waals surface area contributed by atoms with Gasteiger partial charge in [0.25, 0.3) is 0 Å². The van der Waals surface area contributed by atoms with Crippen LogP contribution in [0.5, 0.6) is 0 Å². The molecule has 1 heterocycles. The van der Waals surface area contributed by atoms with Crippen LogP contribution in [0.25, 0.3) is 11.1 Å². The molecule has 3 N–H and O–H groups in total. The lowest BCUT2D eigenvalue weighted by molar-refractivity contribution is -0.149. The van der Waals surface area contributed by atoms with Crippen molar-refractivity contribution in [2.24, 2.45) is 0 Å². The number of ether oxygens (including phenoxy) is 1. The van der Waals surface area contributed by atoms with Gasteiger partial charge in [0.05, 0.1) is 5.75 Å². The van der Waals surface area contributed by atoms with Gasteiger partial charge in [-0.15, -0.1) is 0 Å². The summed E-state index contributed by atoms with van der Waals surface area (Å²) in [7, 11) is 0. The van der Waals surface area contributed by atoms with E-state index >= 15 is 0 Å². The van der Waals surface area contributed by atoms with Crippen molar-refractivity contribution >= 4 is 29.7 Å². The van der Waals surface area contributed by atoms with Crippen LogP contribution in [0, 0.1) is 0 Å². The highest BCUT2D eigenvalue weighted by molar-refractivity contribution is 7.99. The number of carbonyl (C=O) groups is 3. The number of nitrogens with one attached hydrogen (secondary N) is 2. The lowest BCUT2D eigenvalue weighted by Crippen LogP contribution is -2.60. The fourth-order valence-corrected chi connectivity index (χ4v) is 6.32. The molecular formula is C32H35N3O5S. The normalized spacial score (nSPS) is 15.9. The molecule has 0 radical (unpaired) electrons. The van der Waals surface area contributed by atoms with E-state index in [-0.39, 0.29) is 24.2 Å². The molecule has 41 heavy (non-hydrogen) atoms. The van der Waals surface area contributed by atoms with Crippen LogP contribution in [0.2, 0.25) is 0 Å².